The van der Waals surface area contributed by atoms with Gasteiger partial charge in [-0.2, -0.15) is 5.26 Å². The second kappa shape index (κ2) is 9.36. The summed E-state index contributed by atoms with van der Waals surface area (Å²) < 4.78 is 0. The van der Waals surface area contributed by atoms with Gasteiger partial charge >= 0.3 is 0 Å². The van der Waals surface area contributed by atoms with Crippen LogP contribution < -0.4 is 4.90 Å². The molecule has 1 fully saturated rings. The molecule has 0 atom stereocenters. The first-order chi connectivity index (χ1) is 13.9. The van der Waals surface area contributed by atoms with Crippen molar-refractivity contribution in [3.8, 4) is 17.6 Å². The second-order valence-corrected chi connectivity index (χ2v) is 7.72. The van der Waals surface area contributed by atoms with Crippen LogP contribution in [0.1, 0.15) is 28.8 Å². The van der Waals surface area contributed by atoms with Gasteiger partial charge in [-0.05, 0) is 37.2 Å². The summed E-state index contributed by atoms with van der Waals surface area (Å²) in [6, 6.07) is 9.91. The maximum absolute atomic E-state index is 12.4. The first-order valence-corrected chi connectivity index (χ1v) is 10.1. The number of halogens is 2. The summed E-state index contributed by atoms with van der Waals surface area (Å²) in [6.45, 7) is 4.14. The van der Waals surface area contributed by atoms with Crippen LogP contribution in [0.15, 0.2) is 30.3 Å². The van der Waals surface area contributed by atoms with E-state index in [1.54, 1.807) is 12.1 Å². The summed E-state index contributed by atoms with van der Waals surface area (Å²) in [7, 11) is 0. The van der Waals surface area contributed by atoms with Crippen LogP contribution in [0, 0.1) is 11.3 Å². The van der Waals surface area contributed by atoms with Gasteiger partial charge in [-0.1, -0.05) is 29.3 Å². The molecule has 0 aliphatic carbocycles. The quantitative estimate of drug-likeness (QED) is 0.527. The number of phenols is 2. The van der Waals surface area contributed by atoms with Crippen LogP contribution in [0.2, 0.25) is 10.0 Å². The summed E-state index contributed by atoms with van der Waals surface area (Å²) >= 11 is 12.4. The zero-order valence-electron chi connectivity index (χ0n) is 15.7. The van der Waals surface area contributed by atoms with Crippen molar-refractivity contribution in [2.45, 2.75) is 12.8 Å². The molecule has 2 aromatic carbocycles. The fourth-order valence-corrected chi connectivity index (χ4v) is 3.84. The van der Waals surface area contributed by atoms with Crippen LogP contribution in [-0.4, -0.2) is 53.6 Å². The van der Waals surface area contributed by atoms with Gasteiger partial charge in [0.25, 0.3) is 0 Å². The number of hydrogen-bond acceptors (Lipinski definition) is 6. The predicted octanol–water partition coefficient (Wildman–Crippen LogP) is 4.06. The number of benzene rings is 2. The average molecular weight is 434 g/mol. The minimum Gasteiger partial charge on any atom is -0.504 e. The molecule has 0 aromatic heterocycles. The van der Waals surface area contributed by atoms with Gasteiger partial charge in [-0.25, -0.2) is 0 Å². The van der Waals surface area contributed by atoms with Crippen LogP contribution in [0.5, 0.6) is 11.5 Å². The van der Waals surface area contributed by atoms with E-state index in [1.807, 2.05) is 12.1 Å². The molecule has 0 unspecified atom stereocenters. The molecule has 2 N–H and O–H groups in total. The van der Waals surface area contributed by atoms with Gasteiger partial charge in [0.05, 0.1) is 21.3 Å². The van der Waals surface area contributed by atoms with Gasteiger partial charge in [-0.3, -0.25) is 9.69 Å². The van der Waals surface area contributed by atoms with E-state index in [0.717, 1.165) is 38.4 Å². The number of anilines is 1. The van der Waals surface area contributed by atoms with Gasteiger partial charge in [0.2, 0.25) is 0 Å². The Morgan fingerprint density at radius 2 is 1.86 bits per heavy atom. The average Bonchev–Trinajstić information content (AvgIpc) is 2.72. The van der Waals surface area contributed by atoms with Gasteiger partial charge in [0.1, 0.15) is 6.07 Å². The highest BCUT2D eigenvalue weighted by Gasteiger charge is 2.20. The molecule has 29 heavy (non-hydrogen) atoms. The number of carbonyl (C=O) groups excluding carboxylic acids is 1. The zero-order valence-corrected chi connectivity index (χ0v) is 17.2. The van der Waals surface area contributed by atoms with Crippen LogP contribution >= 0.6 is 23.2 Å². The maximum atomic E-state index is 12.4. The summed E-state index contributed by atoms with van der Waals surface area (Å²) in [5.74, 6) is -1.12. The Labute approximate surface area is 179 Å². The predicted molar refractivity (Wildman–Crippen MR) is 113 cm³/mol. The number of aromatic hydroxyl groups is 2. The van der Waals surface area contributed by atoms with Crippen molar-refractivity contribution in [3.63, 3.8) is 0 Å². The largest absolute Gasteiger partial charge is 0.504 e. The topological polar surface area (TPSA) is 87.8 Å². The number of nitriles is 1. The first-order valence-electron chi connectivity index (χ1n) is 9.31. The molecule has 0 saturated carbocycles. The molecular weight excluding hydrogens is 413 g/mol. The number of nitrogens with zero attached hydrogens (tertiary/aromatic N) is 3. The third-order valence-electron chi connectivity index (χ3n) is 5.05. The summed E-state index contributed by atoms with van der Waals surface area (Å²) in [6.07, 6.45) is 0.968. The van der Waals surface area contributed by atoms with Crippen molar-refractivity contribution in [3.05, 3.63) is 51.5 Å². The fraction of sp³-hybridized carbons (Fsp3) is 0.333. The Kier molecular flexibility index (Phi) is 6.86. The number of hydrogen-bond donors (Lipinski definition) is 2. The number of phenolic OH excluding ortho intramolecular Hbond substituents is 2. The Morgan fingerprint density at radius 1 is 1.14 bits per heavy atom. The van der Waals surface area contributed by atoms with Crippen LogP contribution in [0.4, 0.5) is 5.69 Å². The van der Waals surface area contributed by atoms with Crippen molar-refractivity contribution in [2.24, 2.45) is 0 Å². The zero-order chi connectivity index (χ0) is 21.0. The minimum atomic E-state index is -0.498. The number of carbonyl (C=O) groups is 1. The van der Waals surface area contributed by atoms with Crippen molar-refractivity contribution in [1.82, 2.24) is 4.90 Å². The lowest BCUT2D eigenvalue weighted by Gasteiger charge is -2.36. The molecule has 1 aliphatic rings. The van der Waals surface area contributed by atoms with Gasteiger partial charge in [0, 0.05) is 38.2 Å². The second-order valence-electron chi connectivity index (χ2n) is 6.93. The summed E-state index contributed by atoms with van der Waals surface area (Å²) in [4.78, 5) is 16.9. The molecule has 6 nitrogen and oxygen atoms in total. The van der Waals surface area contributed by atoms with E-state index in [0.29, 0.717) is 22.9 Å². The monoisotopic (exact) mass is 433 g/mol. The van der Waals surface area contributed by atoms with Crippen molar-refractivity contribution >= 4 is 34.7 Å². The smallest absolute Gasteiger partial charge is 0.175 e. The molecule has 0 spiro atoms. The molecule has 0 bridgehead atoms. The highest BCUT2D eigenvalue weighted by molar-refractivity contribution is 6.43. The fourth-order valence-electron chi connectivity index (χ4n) is 3.42. The number of rotatable bonds is 6. The lowest BCUT2D eigenvalue weighted by Crippen LogP contribution is -2.46. The summed E-state index contributed by atoms with van der Waals surface area (Å²) in [5, 5.41) is 29.3. The SMILES string of the molecule is N#Cc1cc(C(=O)CCCN2CCN(c3cccc(Cl)c3Cl)CC2)cc(O)c1O. The van der Waals surface area contributed by atoms with E-state index in [9.17, 15) is 15.0 Å². The Balaban J connectivity index is 1.49. The van der Waals surface area contributed by atoms with Crippen LogP contribution in [0.3, 0.4) is 0 Å². The van der Waals surface area contributed by atoms with E-state index in [4.69, 9.17) is 28.5 Å². The van der Waals surface area contributed by atoms with Gasteiger partial charge < -0.3 is 15.1 Å². The van der Waals surface area contributed by atoms with E-state index in [2.05, 4.69) is 9.80 Å². The highest BCUT2D eigenvalue weighted by Crippen LogP contribution is 2.33. The van der Waals surface area contributed by atoms with E-state index in [1.165, 1.54) is 12.1 Å². The third-order valence-corrected chi connectivity index (χ3v) is 5.86. The van der Waals surface area contributed by atoms with Crippen molar-refractivity contribution in [2.75, 3.05) is 37.6 Å². The molecular formula is C21H21Cl2N3O3. The minimum absolute atomic E-state index is 0.107. The number of Topliss-reactive ketones (excluding diaryl/α,β-unsaturated/α-hetero) is 1. The molecule has 0 amide bonds. The molecule has 1 heterocycles. The third kappa shape index (κ3) is 4.94. The maximum Gasteiger partial charge on any atom is 0.175 e. The normalized spacial score (nSPS) is 14.6. The molecule has 1 saturated heterocycles. The molecule has 2 aromatic rings. The molecule has 1 aliphatic heterocycles. The van der Waals surface area contributed by atoms with E-state index >= 15 is 0 Å². The van der Waals surface area contributed by atoms with Crippen molar-refractivity contribution in [1.29, 1.82) is 5.26 Å². The van der Waals surface area contributed by atoms with Crippen LogP contribution in [0.25, 0.3) is 0 Å². The molecule has 3 rings (SSSR count). The van der Waals surface area contributed by atoms with Crippen LogP contribution in [-0.2, 0) is 0 Å². The summed E-state index contributed by atoms with van der Waals surface area (Å²) in [5.41, 5.74) is 1.07. The van der Waals surface area contributed by atoms with E-state index in [-0.39, 0.29) is 16.9 Å². The first kappa shape index (κ1) is 21.3. The molecule has 8 heteroatoms. The molecule has 152 valence electrons. The van der Waals surface area contributed by atoms with Gasteiger partial charge in [0.15, 0.2) is 17.3 Å². The highest BCUT2D eigenvalue weighted by atomic mass is 35.5. The lowest BCUT2D eigenvalue weighted by atomic mass is 10.0. The van der Waals surface area contributed by atoms with Crippen molar-refractivity contribution < 1.29 is 15.0 Å². The number of ketones is 1. The standard InChI is InChI=1S/C21H21Cl2N3O3/c22-16-3-1-4-17(20(16)23)26-9-7-25(8-10-26)6-2-5-18(27)14-11-15(13-24)21(29)19(28)12-14/h1,3-4,11-12,28-29H,2,5-10H2. The van der Waals surface area contributed by atoms with Gasteiger partial charge in [-0.15, -0.1) is 0 Å². The lowest BCUT2D eigenvalue weighted by molar-refractivity contribution is 0.0973. The number of piperazine rings is 1. The van der Waals surface area contributed by atoms with E-state index < -0.39 is 11.5 Å². The molecule has 0 radical (unpaired) electrons. The Bertz CT molecular complexity index is 951. The Hall–Kier alpha value is -2.46. The Morgan fingerprint density at radius 3 is 2.55 bits per heavy atom.